The highest BCUT2D eigenvalue weighted by Gasteiger charge is 2.13. The third kappa shape index (κ3) is 1.92. The highest BCUT2D eigenvalue weighted by atomic mass is 19.1. The molecule has 0 aliphatic heterocycles. The maximum atomic E-state index is 13.1. The van der Waals surface area contributed by atoms with Crippen LogP contribution in [0.15, 0.2) is 24.3 Å². The molecule has 0 saturated heterocycles. The Bertz CT molecular complexity index is 482. The normalized spacial score (nSPS) is 12.7. The first-order chi connectivity index (χ1) is 7.72. The molecule has 1 heterocycles. The standard InChI is InChI=1S/C10H12FN5/c1-7(8-3-2-4-9(11)5-8)16-10(6-12)13-14-15-16/h2-5,7H,6,12H2,1H3. The van der Waals surface area contributed by atoms with Crippen molar-refractivity contribution in [1.29, 1.82) is 0 Å². The van der Waals surface area contributed by atoms with Crippen LogP contribution in [0.1, 0.15) is 24.4 Å². The summed E-state index contributed by atoms with van der Waals surface area (Å²) in [7, 11) is 0. The Morgan fingerprint density at radius 1 is 1.50 bits per heavy atom. The largest absolute Gasteiger partial charge is 0.324 e. The number of benzene rings is 1. The zero-order valence-electron chi connectivity index (χ0n) is 8.84. The van der Waals surface area contributed by atoms with Crippen molar-refractivity contribution in [3.8, 4) is 0 Å². The fourth-order valence-electron chi connectivity index (χ4n) is 1.56. The molecule has 0 bridgehead atoms. The summed E-state index contributed by atoms with van der Waals surface area (Å²) in [6.07, 6.45) is 0. The second-order valence-electron chi connectivity index (χ2n) is 3.47. The van der Waals surface area contributed by atoms with Crippen LogP contribution in [-0.4, -0.2) is 20.2 Å². The van der Waals surface area contributed by atoms with E-state index in [-0.39, 0.29) is 18.4 Å². The van der Waals surface area contributed by atoms with Gasteiger partial charge in [0.1, 0.15) is 5.82 Å². The van der Waals surface area contributed by atoms with Gasteiger partial charge in [-0.05, 0) is 35.0 Å². The van der Waals surface area contributed by atoms with E-state index in [9.17, 15) is 4.39 Å². The number of halogens is 1. The van der Waals surface area contributed by atoms with E-state index in [1.807, 2.05) is 13.0 Å². The lowest BCUT2D eigenvalue weighted by atomic mass is 10.1. The Hall–Kier alpha value is -1.82. The Kier molecular flexibility index (Phi) is 2.91. The third-order valence-corrected chi connectivity index (χ3v) is 2.44. The lowest BCUT2D eigenvalue weighted by molar-refractivity contribution is 0.517. The minimum absolute atomic E-state index is 0.135. The van der Waals surface area contributed by atoms with Gasteiger partial charge in [0.05, 0.1) is 12.6 Å². The van der Waals surface area contributed by atoms with Crippen molar-refractivity contribution in [3.05, 3.63) is 41.5 Å². The predicted molar refractivity (Wildman–Crippen MR) is 55.9 cm³/mol. The Morgan fingerprint density at radius 2 is 2.31 bits per heavy atom. The van der Waals surface area contributed by atoms with Crippen molar-refractivity contribution in [2.24, 2.45) is 5.73 Å². The number of rotatable bonds is 3. The van der Waals surface area contributed by atoms with E-state index in [0.29, 0.717) is 5.82 Å². The van der Waals surface area contributed by atoms with Gasteiger partial charge in [0, 0.05) is 0 Å². The van der Waals surface area contributed by atoms with Gasteiger partial charge in [0.25, 0.3) is 0 Å². The Morgan fingerprint density at radius 3 is 3.00 bits per heavy atom. The van der Waals surface area contributed by atoms with E-state index in [4.69, 9.17) is 5.73 Å². The average Bonchev–Trinajstić information content (AvgIpc) is 2.76. The van der Waals surface area contributed by atoms with Crippen LogP contribution in [0.5, 0.6) is 0 Å². The van der Waals surface area contributed by atoms with E-state index < -0.39 is 0 Å². The molecule has 1 aromatic heterocycles. The monoisotopic (exact) mass is 221 g/mol. The molecule has 6 heteroatoms. The van der Waals surface area contributed by atoms with E-state index >= 15 is 0 Å². The molecule has 1 unspecified atom stereocenters. The van der Waals surface area contributed by atoms with Crippen LogP contribution < -0.4 is 5.73 Å². The second-order valence-corrected chi connectivity index (χ2v) is 3.47. The fourth-order valence-corrected chi connectivity index (χ4v) is 1.56. The molecule has 5 nitrogen and oxygen atoms in total. The van der Waals surface area contributed by atoms with Crippen molar-refractivity contribution < 1.29 is 4.39 Å². The minimum Gasteiger partial charge on any atom is -0.324 e. The zero-order chi connectivity index (χ0) is 11.5. The van der Waals surface area contributed by atoms with Crippen molar-refractivity contribution in [2.75, 3.05) is 0 Å². The predicted octanol–water partition coefficient (Wildman–Crippen LogP) is 0.880. The first-order valence-electron chi connectivity index (χ1n) is 4.94. The molecule has 0 aliphatic carbocycles. The van der Waals surface area contributed by atoms with Crippen LogP contribution in [0.4, 0.5) is 4.39 Å². The summed E-state index contributed by atoms with van der Waals surface area (Å²) in [6.45, 7) is 2.15. The molecule has 84 valence electrons. The zero-order valence-corrected chi connectivity index (χ0v) is 8.84. The van der Waals surface area contributed by atoms with E-state index in [2.05, 4.69) is 15.5 Å². The van der Waals surface area contributed by atoms with Gasteiger partial charge in [-0.25, -0.2) is 9.07 Å². The third-order valence-electron chi connectivity index (χ3n) is 2.44. The molecule has 2 rings (SSSR count). The van der Waals surface area contributed by atoms with Crippen LogP contribution in [0.25, 0.3) is 0 Å². The summed E-state index contributed by atoms with van der Waals surface area (Å²) < 4.78 is 14.7. The quantitative estimate of drug-likeness (QED) is 0.835. The number of hydrogen-bond donors (Lipinski definition) is 1. The summed E-state index contributed by atoms with van der Waals surface area (Å²) in [5, 5.41) is 11.2. The highest BCUT2D eigenvalue weighted by molar-refractivity contribution is 5.20. The van der Waals surface area contributed by atoms with Crippen LogP contribution >= 0.6 is 0 Å². The Labute approximate surface area is 92.1 Å². The van der Waals surface area contributed by atoms with E-state index in [0.717, 1.165) is 5.56 Å². The molecule has 0 aliphatic rings. The maximum Gasteiger partial charge on any atom is 0.165 e. The molecule has 1 atom stereocenters. The van der Waals surface area contributed by atoms with Crippen LogP contribution in [0, 0.1) is 5.82 Å². The summed E-state index contributed by atoms with van der Waals surface area (Å²) in [5.41, 5.74) is 6.31. The van der Waals surface area contributed by atoms with Crippen LogP contribution in [0.3, 0.4) is 0 Å². The lowest BCUT2D eigenvalue weighted by Gasteiger charge is -2.13. The van der Waals surface area contributed by atoms with Crippen LogP contribution in [-0.2, 0) is 6.54 Å². The molecule has 1 aromatic carbocycles. The average molecular weight is 221 g/mol. The van der Waals surface area contributed by atoms with E-state index in [1.165, 1.54) is 12.1 Å². The SMILES string of the molecule is CC(c1cccc(F)c1)n1nnnc1CN. The van der Waals surface area contributed by atoms with Gasteiger partial charge in [-0.1, -0.05) is 12.1 Å². The van der Waals surface area contributed by atoms with Gasteiger partial charge < -0.3 is 5.73 Å². The summed E-state index contributed by atoms with van der Waals surface area (Å²) in [6, 6.07) is 6.22. The smallest absolute Gasteiger partial charge is 0.165 e. The molecule has 2 aromatic rings. The highest BCUT2D eigenvalue weighted by Crippen LogP contribution is 2.18. The molecule has 0 saturated carbocycles. The topological polar surface area (TPSA) is 69.6 Å². The summed E-state index contributed by atoms with van der Waals surface area (Å²) in [5.74, 6) is 0.309. The first kappa shape index (κ1) is 10.7. The van der Waals surface area contributed by atoms with Crippen molar-refractivity contribution in [2.45, 2.75) is 19.5 Å². The van der Waals surface area contributed by atoms with Crippen LogP contribution in [0.2, 0.25) is 0 Å². The van der Waals surface area contributed by atoms with Crippen molar-refractivity contribution >= 4 is 0 Å². The number of nitrogens with zero attached hydrogens (tertiary/aromatic N) is 4. The Balaban J connectivity index is 2.35. The van der Waals surface area contributed by atoms with Gasteiger partial charge in [-0.3, -0.25) is 0 Å². The number of aromatic nitrogens is 4. The van der Waals surface area contributed by atoms with E-state index in [1.54, 1.807) is 10.7 Å². The molecule has 0 radical (unpaired) electrons. The molecular weight excluding hydrogens is 209 g/mol. The molecule has 2 N–H and O–H groups in total. The summed E-state index contributed by atoms with van der Waals surface area (Å²) >= 11 is 0. The number of tetrazole rings is 1. The summed E-state index contributed by atoms with van der Waals surface area (Å²) in [4.78, 5) is 0. The lowest BCUT2D eigenvalue weighted by Crippen LogP contribution is -2.15. The van der Waals surface area contributed by atoms with Gasteiger partial charge in [-0.15, -0.1) is 5.10 Å². The maximum absolute atomic E-state index is 13.1. The number of hydrogen-bond acceptors (Lipinski definition) is 4. The van der Waals surface area contributed by atoms with Crippen molar-refractivity contribution in [1.82, 2.24) is 20.2 Å². The molecule has 16 heavy (non-hydrogen) atoms. The molecule has 0 amide bonds. The van der Waals surface area contributed by atoms with Crippen molar-refractivity contribution in [3.63, 3.8) is 0 Å². The molecule has 0 spiro atoms. The molecule has 0 fully saturated rings. The van der Waals surface area contributed by atoms with Gasteiger partial charge in [-0.2, -0.15) is 0 Å². The molecular formula is C10H12FN5. The second kappa shape index (κ2) is 4.36. The fraction of sp³-hybridized carbons (Fsp3) is 0.300. The van der Waals surface area contributed by atoms with Gasteiger partial charge in [0.15, 0.2) is 5.82 Å². The first-order valence-corrected chi connectivity index (χ1v) is 4.94. The van der Waals surface area contributed by atoms with Gasteiger partial charge >= 0.3 is 0 Å². The number of nitrogens with two attached hydrogens (primary N) is 1. The minimum atomic E-state index is -0.272. The van der Waals surface area contributed by atoms with Gasteiger partial charge in [0.2, 0.25) is 0 Å².